The highest BCUT2D eigenvalue weighted by atomic mass is 32.1. The van der Waals surface area contributed by atoms with E-state index in [4.69, 9.17) is 0 Å². The van der Waals surface area contributed by atoms with E-state index in [1.807, 2.05) is 18.4 Å². The third-order valence-corrected chi connectivity index (χ3v) is 3.70. The summed E-state index contributed by atoms with van der Waals surface area (Å²) in [7, 11) is 0. The number of anilines is 1. The first kappa shape index (κ1) is 10.6. The third-order valence-electron chi connectivity index (χ3n) is 2.77. The second-order valence-corrected chi connectivity index (χ2v) is 4.88. The van der Waals surface area contributed by atoms with Crippen molar-refractivity contribution >= 4 is 22.2 Å². The van der Waals surface area contributed by atoms with Crippen molar-refractivity contribution in [2.75, 3.05) is 18.4 Å². The van der Waals surface area contributed by atoms with Crippen LogP contribution < -0.4 is 10.6 Å². The molecule has 82 valence electrons. The Morgan fingerprint density at radius 2 is 2.53 bits per heavy atom. The van der Waals surface area contributed by atoms with E-state index in [1.54, 1.807) is 11.3 Å². The SMILES string of the molecule is Cc1ccsc1NC(=O)C1CCCNC1. The van der Waals surface area contributed by atoms with Crippen LogP contribution in [0.4, 0.5) is 5.00 Å². The number of carbonyl (C=O) groups is 1. The van der Waals surface area contributed by atoms with Crippen molar-refractivity contribution in [3.05, 3.63) is 17.0 Å². The number of thiophene rings is 1. The molecule has 3 nitrogen and oxygen atoms in total. The van der Waals surface area contributed by atoms with Crippen molar-refractivity contribution in [3.8, 4) is 0 Å². The molecule has 1 atom stereocenters. The van der Waals surface area contributed by atoms with E-state index < -0.39 is 0 Å². The molecule has 1 aromatic heterocycles. The second kappa shape index (κ2) is 4.77. The van der Waals surface area contributed by atoms with E-state index in [1.165, 1.54) is 0 Å². The van der Waals surface area contributed by atoms with Gasteiger partial charge in [-0.15, -0.1) is 11.3 Å². The topological polar surface area (TPSA) is 41.1 Å². The van der Waals surface area contributed by atoms with E-state index in [9.17, 15) is 4.79 Å². The van der Waals surface area contributed by atoms with Gasteiger partial charge >= 0.3 is 0 Å². The average Bonchev–Trinajstić information content (AvgIpc) is 2.66. The van der Waals surface area contributed by atoms with Crippen LogP contribution in [0.1, 0.15) is 18.4 Å². The van der Waals surface area contributed by atoms with E-state index in [0.717, 1.165) is 36.5 Å². The van der Waals surface area contributed by atoms with Crippen molar-refractivity contribution in [3.63, 3.8) is 0 Å². The van der Waals surface area contributed by atoms with E-state index in [0.29, 0.717) is 0 Å². The molecule has 1 saturated heterocycles. The number of carbonyl (C=O) groups excluding carboxylic acids is 1. The number of hydrogen-bond donors (Lipinski definition) is 2. The summed E-state index contributed by atoms with van der Waals surface area (Å²) in [6.45, 7) is 3.88. The van der Waals surface area contributed by atoms with Crippen LogP contribution in [0.15, 0.2) is 11.4 Å². The quantitative estimate of drug-likeness (QED) is 0.806. The van der Waals surface area contributed by atoms with Gasteiger partial charge in [-0.1, -0.05) is 0 Å². The molecule has 2 rings (SSSR count). The number of hydrogen-bond acceptors (Lipinski definition) is 3. The van der Waals surface area contributed by atoms with Gasteiger partial charge in [-0.3, -0.25) is 4.79 Å². The van der Waals surface area contributed by atoms with Crippen LogP contribution in [0.25, 0.3) is 0 Å². The Morgan fingerprint density at radius 3 is 3.13 bits per heavy atom. The number of nitrogens with one attached hydrogen (secondary N) is 2. The van der Waals surface area contributed by atoms with Crippen LogP contribution in [0, 0.1) is 12.8 Å². The summed E-state index contributed by atoms with van der Waals surface area (Å²) in [6, 6.07) is 2.03. The molecule has 0 saturated carbocycles. The molecule has 1 unspecified atom stereocenters. The highest BCUT2D eigenvalue weighted by Crippen LogP contribution is 2.23. The Hall–Kier alpha value is -0.870. The summed E-state index contributed by atoms with van der Waals surface area (Å²) >= 11 is 1.59. The average molecular weight is 224 g/mol. The third kappa shape index (κ3) is 2.58. The van der Waals surface area contributed by atoms with Crippen LogP contribution in [-0.2, 0) is 4.79 Å². The Labute approximate surface area is 93.9 Å². The lowest BCUT2D eigenvalue weighted by atomic mass is 9.99. The zero-order valence-electron chi connectivity index (χ0n) is 8.88. The fourth-order valence-corrected chi connectivity index (χ4v) is 2.61. The number of rotatable bonds is 2. The normalized spacial score (nSPS) is 21.3. The van der Waals surface area contributed by atoms with Crippen molar-refractivity contribution in [1.29, 1.82) is 0 Å². The lowest BCUT2D eigenvalue weighted by Crippen LogP contribution is -2.37. The molecule has 0 aliphatic carbocycles. The smallest absolute Gasteiger partial charge is 0.229 e. The Kier molecular flexibility index (Phi) is 3.38. The Bertz CT molecular complexity index is 342. The molecule has 0 spiro atoms. The van der Waals surface area contributed by atoms with Gasteiger partial charge in [0.05, 0.1) is 10.9 Å². The van der Waals surface area contributed by atoms with Crippen molar-refractivity contribution in [2.45, 2.75) is 19.8 Å². The lowest BCUT2D eigenvalue weighted by molar-refractivity contribution is -0.120. The molecule has 1 aliphatic rings. The largest absolute Gasteiger partial charge is 0.317 e. The molecule has 1 fully saturated rings. The summed E-state index contributed by atoms with van der Waals surface area (Å²) in [5.74, 6) is 0.299. The van der Waals surface area contributed by atoms with Gasteiger partial charge in [-0.25, -0.2) is 0 Å². The Morgan fingerprint density at radius 1 is 1.67 bits per heavy atom. The van der Waals surface area contributed by atoms with E-state index >= 15 is 0 Å². The molecule has 0 bridgehead atoms. The zero-order valence-corrected chi connectivity index (χ0v) is 9.69. The monoisotopic (exact) mass is 224 g/mol. The van der Waals surface area contributed by atoms with Crippen molar-refractivity contribution in [2.24, 2.45) is 5.92 Å². The van der Waals surface area contributed by atoms with Gasteiger partial charge in [-0.2, -0.15) is 0 Å². The molecule has 1 aliphatic heterocycles. The maximum absolute atomic E-state index is 11.9. The minimum atomic E-state index is 0.139. The highest BCUT2D eigenvalue weighted by Gasteiger charge is 2.21. The molecule has 0 radical (unpaired) electrons. The Balaban J connectivity index is 1.94. The van der Waals surface area contributed by atoms with Crippen LogP contribution in [0.2, 0.25) is 0 Å². The molecule has 2 N–H and O–H groups in total. The molecular formula is C11H16N2OS. The number of amides is 1. The predicted octanol–water partition coefficient (Wildman–Crippen LogP) is 1.99. The first-order valence-electron chi connectivity index (χ1n) is 5.33. The fourth-order valence-electron chi connectivity index (χ4n) is 1.79. The van der Waals surface area contributed by atoms with Gasteiger partial charge in [0.2, 0.25) is 5.91 Å². The summed E-state index contributed by atoms with van der Waals surface area (Å²) in [5, 5.41) is 9.25. The van der Waals surface area contributed by atoms with Gasteiger partial charge < -0.3 is 10.6 Å². The first-order chi connectivity index (χ1) is 7.27. The van der Waals surface area contributed by atoms with Crippen LogP contribution >= 0.6 is 11.3 Å². The van der Waals surface area contributed by atoms with E-state index in [2.05, 4.69) is 10.6 Å². The standard InChI is InChI=1S/C11H16N2OS/c1-8-4-6-15-11(8)13-10(14)9-3-2-5-12-7-9/h4,6,9,12H,2-3,5,7H2,1H3,(H,13,14). The van der Waals surface area contributed by atoms with Gasteiger partial charge in [0, 0.05) is 6.54 Å². The molecule has 1 aromatic rings. The first-order valence-corrected chi connectivity index (χ1v) is 6.21. The predicted molar refractivity (Wildman–Crippen MR) is 63.3 cm³/mol. The van der Waals surface area contributed by atoms with Gasteiger partial charge in [0.1, 0.15) is 0 Å². The molecule has 0 aromatic carbocycles. The summed E-state index contributed by atoms with van der Waals surface area (Å²) in [6.07, 6.45) is 2.10. The molecule has 2 heterocycles. The minimum absolute atomic E-state index is 0.139. The second-order valence-electron chi connectivity index (χ2n) is 3.97. The number of piperidine rings is 1. The van der Waals surface area contributed by atoms with Gasteiger partial charge in [0.15, 0.2) is 0 Å². The van der Waals surface area contributed by atoms with Crippen molar-refractivity contribution < 1.29 is 4.79 Å². The molecule has 4 heteroatoms. The van der Waals surface area contributed by atoms with Crippen LogP contribution in [-0.4, -0.2) is 19.0 Å². The van der Waals surface area contributed by atoms with Crippen molar-refractivity contribution in [1.82, 2.24) is 5.32 Å². The van der Waals surface area contributed by atoms with Crippen LogP contribution in [0.3, 0.4) is 0 Å². The fraction of sp³-hybridized carbons (Fsp3) is 0.545. The van der Waals surface area contributed by atoms with E-state index in [-0.39, 0.29) is 11.8 Å². The number of aryl methyl sites for hydroxylation is 1. The minimum Gasteiger partial charge on any atom is -0.317 e. The molecular weight excluding hydrogens is 208 g/mol. The highest BCUT2D eigenvalue weighted by molar-refractivity contribution is 7.14. The van der Waals surface area contributed by atoms with Gasteiger partial charge in [0.25, 0.3) is 0 Å². The van der Waals surface area contributed by atoms with Gasteiger partial charge in [-0.05, 0) is 43.3 Å². The van der Waals surface area contributed by atoms with Crippen LogP contribution in [0.5, 0.6) is 0 Å². The zero-order chi connectivity index (χ0) is 10.7. The summed E-state index contributed by atoms with van der Waals surface area (Å²) < 4.78 is 0. The maximum atomic E-state index is 11.9. The summed E-state index contributed by atoms with van der Waals surface area (Å²) in [5.41, 5.74) is 1.15. The lowest BCUT2D eigenvalue weighted by Gasteiger charge is -2.21. The molecule has 1 amide bonds. The summed E-state index contributed by atoms with van der Waals surface area (Å²) in [4.78, 5) is 11.9. The molecule has 15 heavy (non-hydrogen) atoms. The maximum Gasteiger partial charge on any atom is 0.229 e.